The number of imide groups is 1. The minimum Gasteiger partial charge on any atom is -0.338 e. The van der Waals surface area contributed by atoms with Crippen LogP contribution in [0.15, 0.2) is 12.1 Å². The third-order valence-corrected chi connectivity index (χ3v) is 6.59. The zero-order valence-corrected chi connectivity index (χ0v) is 15.9. The van der Waals surface area contributed by atoms with Crippen molar-refractivity contribution in [2.45, 2.75) is 44.6 Å². The number of likely N-dealkylation sites (tertiary alicyclic amines) is 1. The molecule has 5 nitrogen and oxygen atoms in total. The number of amides is 3. The Morgan fingerprint density at radius 1 is 0.962 bits per heavy atom. The topological polar surface area (TPSA) is 57.7 Å². The highest BCUT2D eigenvalue weighted by Crippen LogP contribution is 2.36. The van der Waals surface area contributed by atoms with E-state index in [9.17, 15) is 14.4 Å². The molecule has 1 aliphatic carbocycles. The fourth-order valence-electron chi connectivity index (χ4n) is 4.59. The van der Waals surface area contributed by atoms with E-state index in [0.717, 1.165) is 24.2 Å². The molecule has 0 bridgehead atoms. The summed E-state index contributed by atoms with van der Waals surface area (Å²) in [5.74, 6) is -0.544. The third kappa shape index (κ3) is 2.91. The van der Waals surface area contributed by atoms with Crippen molar-refractivity contribution in [2.75, 3.05) is 13.1 Å². The van der Waals surface area contributed by atoms with Crippen LogP contribution >= 0.6 is 23.2 Å². The maximum atomic E-state index is 12.9. The summed E-state index contributed by atoms with van der Waals surface area (Å²) in [6.07, 6.45) is 6.69. The lowest BCUT2D eigenvalue weighted by atomic mass is 9.78. The maximum absolute atomic E-state index is 12.9. The van der Waals surface area contributed by atoms with Gasteiger partial charge in [-0.05, 0) is 43.7 Å². The molecule has 26 heavy (non-hydrogen) atoms. The Kier molecular flexibility index (Phi) is 4.70. The fourth-order valence-corrected chi connectivity index (χ4v) is 4.92. The van der Waals surface area contributed by atoms with E-state index in [1.807, 2.05) is 4.90 Å². The summed E-state index contributed by atoms with van der Waals surface area (Å²) in [4.78, 5) is 41.0. The first kappa shape index (κ1) is 17.8. The fraction of sp³-hybridized carbons (Fsp3) is 0.526. The predicted octanol–water partition coefficient (Wildman–Crippen LogP) is 3.77. The van der Waals surface area contributed by atoms with Crippen LogP contribution in [0.1, 0.15) is 59.2 Å². The van der Waals surface area contributed by atoms with Gasteiger partial charge in [-0.25, -0.2) is 0 Å². The lowest BCUT2D eigenvalue weighted by Crippen LogP contribution is -2.53. The molecule has 138 valence electrons. The number of halogens is 2. The first-order chi connectivity index (χ1) is 12.5. The Balaban J connectivity index is 1.53. The van der Waals surface area contributed by atoms with Gasteiger partial charge in [0, 0.05) is 12.6 Å². The van der Waals surface area contributed by atoms with Crippen molar-refractivity contribution in [1.82, 2.24) is 9.80 Å². The number of fused-ring (bicyclic) bond motifs is 2. The van der Waals surface area contributed by atoms with Gasteiger partial charge >= 0.3 is 0 Å². The van der Waals surface area contributed by atoms with Gasteiger partial charge in [-0.3, -0.25) is 19.3 Å². The van der Waals surface area contributed by atoms with Crippen LogP contribution in [0.3, 0.4) is 0 Å². The molecule has 1 aromatic rings. The predicted molar refractivity (Wildman–Crippen MR) is 98.5 cm³/mol. The number of hydrogen-bond acceptors (Lipinski definition) is 3. The summed E-state index contributed by atoms with van der Waals surface area (Å²) in [5.41, 5.74) is 0.428. The first-order valence-corrected chi connectivity index (χ1v) is 9.87. The van der Waals surface area contributed by atoms with Gasteiger partial charge < -0.3 is 4.90 Å². The monoisotopic (exact) mass is 394 g/mol. The molecule has 4 rings (SSSR count). The molecule has 2 fully saturated rings. The molecule has 7 heteroatoms. The molecule has 2 heterocycles. The first-order valence-electron chi connectivity index (χ1n) is 9.12. The van der Waals surface area contributed by atoms with Crippen LogP contribution in [0.5, 0.6) is 0 Å². The van der Waals surface area contributed by atoms with Crippen LogP contribution in [-0.2, 0) is 4.79 Å². The normalized spacial score (nSPS) is 25.3. The quantitative estimate of drug-likeness (QED) is 0.717. The molecule has 0 radical (unpaired) electrons. The standard InChI is InChI=1S/C19H20Cl2N2O3/c20-14-8-12-13(9-15(14)21)19(26)23(18(12)25)10-17(24)22-7-3-5-11-4-1-2-6-16(11)22/h8-9,11,16H,1-7,10H2. The zero-order chi connectivity index (χ0) is 18.4. The lowest BCUT2D eigenvalue weighted by Gasteiger charge is -2.44. The largest absolute Gasteiger partial charge is 0.338 e. The second-order valence-corrected chi connectivity index (χ2v) is 8.16. The molecule has 0 aromatic heterocycles. The van der Waals surface area contributed by atoms with Gasteiger partial charge in [-0.1, -0.05) is 36.0 Å². The average molecular weight is 395 g/mol. The van der Waals surface area contributed by atoms with Crippen molar-refractivity contribution in [3.63, 3.8) is 0 Å². The smallest absolute Gasteiger partial charge is 0.262 e. The number of nitrogens with zero attached hydrogens (tertiary/aromatic N) is 2. The lowest BCUT2D eigenvalue weighted by molar-refractivity contribution is -0.137. The highest BCUT2D eigenvalue weighted by molar-refractivity contribution is 6.43. The molecule has 1 saturated heterocycles. The minimum atomic E-state index is -0.478. The molecule has 2 unspecified atom stereocenters. The van der Waals surface area contributed by atoms with E-state index in [1.54, 1.807) is 0 Å². The van der Waals surface area contributed by atoms with Gasteiger partial charge in [-0.2, -0.15) is 0 Å². The molecule has 3 aliphatic rings. The van der Waals surface area contributed by atoms with Crippen LogP contribution in [0, 0.1) is 5.92 Å². The minimum absolute atomic E-state index is 0.145. The molecule has 2 aliphatic heterocycles. The van der Waals surface area contributed by atoms with Crippen molar-refractivity contribution in [1.29, 1.82) is 0 Å². The number of hydrogen-bond donors (Lipinski definition) is 0. The highest BCUT2D eigenvalue weighted by Gasteiger charge is 2.41. The molecular formula is C19H20Cl2N2O3. The van der Waals surface area contributed by atoms with E-state index >= 15 is 0 Å². The van der Waals surface area contributed by atoms with Gasteiger partial charge in [0.1, 0.15) is 6.54 Å². The van der Waals surface area contributed by atoms with Crippen LogP contribution < -0.4 is 0 Å². The molecule has 1 aromatic carbocycles. The van der Waals surface area contributed by atoms with E-state index in [4.69, 9.17) is 23.2 Å². The highest BCUT2D eigenvalue weighted by atomic mass is 35.5. The number of carbonyl (C=O) groups is 3. The Labute approximate surface area is 162 Å². The van der Waals surface area contributed by atoms with Gasteiger partial charge in [0.25, 0.3) is 11.8 Å². The third-order valence-electron chi connectivity index (χ3n) is 5.87. The van der Waals surface area contributed by atoms with E-state index in [0.29, 0.717) is 12.5 Å². The summed E-state index contributed by atoms with van der Waals surface area (Å²) in [7, 11) is 0. The average Bonchev–Trinajstić information content (AvgIpc) is 2.86. The van der Waals surface area contributed by atoms with E-state index in [2.05, 4.69) is 0 Å². The molecule has 3 amide bonds. The summed E-state index contributed by atoms with van der Waals surface area (Å²) in [6, 6.07) is 3.06. The maximum Gasteiger partial charge on any atom is 0.262 e. The van der Waals surface area contributed by atoms with Crippen LogP contribution in [-0.4, -0.2) is 46.7 Å². The van der Waals surface area contributed by atoms with Gasteiger partial charge in [0.2, 0.25) is 5.91 Å². The van der Waals surface area contributed by atoms with E-state index in [-0.39, 0.29) is 39.7 Å². The van der Waals surface area contributed by atoms with E-state index < -0.39 is 11.8 Å². The number of piperidine rings is 1. The molecular weight excluding hydrogens is 375 g/mol. The Morgan fingerprint density at radius 2 is 1.54 bits per heavy atom. The van der Waals surface area contributed by atoms with E-state index in [1.165, 1.54) is 31.4 Å². The number of rotatable bonds is 2. The molecule has 0 N–H and O–H groups in total. The second kappa shape index (κ2) is 6.86. The summed E-state index contributed by atoms with van der Waals surface area (Å²) < 4.78 is 0. The van der Waals surface area contributed by atoms with Crippen LogP contribution in [0.25, 0.3) is 0 Å². The molecule has 0 spiro atoms. The SMILES string of the molecule is O=C1c2cc(Cl)c(Cl)cc2C(=O)N1CC(=O)N1CCCC2CCCCC21. The molecule has 2 atom stereocenters. The number of benzene rings is 1. The van der Waals surface area contributed by atoms with Crippen molar-refractivity contribution in [3.8, 4) is 0 Å². The number of carbonyl (C=O) groups excluding carboxylic acids is 3. The Bertz CT molecular complexity index is 752. The van der Waals surface area contributed by atoms with Crippen molar-refractivity contribution in [3.05, 3.63) is 33.3 Å². The van der Waals surface area contributed by atoms with Gasteiger partial charge in [0.15, 0.2) is 0 Å². The van der Waals surface area contributed by atoms with Crippen molar-refractivity contribution >= 4 is 40.9 Å². The summed E-state index contributed by atoms with van der Waals surface area (Å²) >= 11 is 11.9. The molecule has 1 saturated carbocycles. The second-order valence-electron chi connectivity index (χ2n) is 7.35. The van der Waals surface area contributed by atoms with Crippen molar-refractivity contribution < 1.29 is 14.4 Å². The van der Waals surface area contributed by atoms with Gasteiger partial charge in [-0.15, -0.1) is 0 Å². The zero-order valence-electron chi connectivity index (χ0n) is 14.3. The summed E-state index contributed by atoms with van der Waals surface area (Å²) in [6.45, 7) is 0.492. The van der Waals surface area contributed by atoms with Crippen molar-refractivity contribution in [2.24, 2.45) is 5.92 Å². The Hall–Kier alpha value is -1.59. The Morgan fingerprint density at radius 3 is 2.19 bits per heavy atom. The summed E-state index contributed by atoms with van der Waals surface area (Å²) in [5, 5.41) is 0.446. The van der Waals surface area contributed by atoms with Gasteiger partial charge in [0.05, 0.1) is 21.2 Å². The van der Waals surface area contributed by atoms with Crippen LogP contribution in [0.4, 0.5) is 0 Å². The van der Waals surface area contributed by atoms with Crippen LogP contribution in [0.2, 0.25) is 10.0 Å².